The Hall–Kier alpha value is -0.520. The third-order valence-electron chi connectivity index (χ3n) is 1.08. The lowest BCUT2D eigenvalue weighted by Crippen LogP contribution is -2.26. The van der Waals surface area contributed by atoms with Crippen molar-refractivity contribution in [2.75, 3.05) is 13.1 Å². The van der Waals surface area contributed by atoms with E-state index in [1.54, 1.807) is 0 Å². The molecule has 9 heavy (non-hydrogen) atoms. The molecule has 2 nitrogen and oxygen atoms in total. The second-order valence-corrected chi connectivity index (χ2v) is 1.98. The van der Waals surface area contributed by atoms with Crippen molar-refractivity contribution < 1.29 is 0 Å². The van der Waals surface area contributed by atoms with Gasteiger partial charge in [-0.25, -0.2) is 0 Å². The van der Waals surface area contributed by atoms with Crippen molar-refractivity contribution in [2.24, 2.45) is 5.73 Å². The zero-order valence-electron chi connectivity index (χ0n) is 5.85. The molecule has 0 aromatic carbocycles. The second kappa shape index (κ2) is 5.61. The highest BCUT2D eigenvalue weighted by Crippen LogP contribution is 1.76. The number of rotatable bonds is 4. The molecule has 0 aliphatic heterocycles. The predicted octanol–water partition coefficient (Wildman–Crippen LogP) is -0.0535. The summed E-state index contributed by atoms with van der Waals surface area (Å²) >= 11 is 0. The van der Waals surface area contributed by atoms with Crippen molar-refractivity contribution in [3.8, 4) is 12.3 Å². The van der Waals surface area contributed by atoms with Crippen molar-refractivity contribution in [3.05, 3.63) is 0 Å². The maximum absolute atomic E-state index is 5.26. The smallest absolute Gasteiger partial charge is 0.0658 e. The van der Waals surface area contributed by atoms with Gasteiger partial charge in [0.25, 0.3) is 0 Å². The van der Waals surface area contributed by atoms with Gasteiger partial charge in [0.15, 0.2) is 0 Å². The van der Waals surface area contributed by atoms with E-state index in [0.717, 1.165) is 19.5 Å². The Morgan fingerprint density at radius 3 is 2.89 bits per heavy atom. The summed E-state index contributed by atoms with van der Waals surface area (Å²) in [6, 6.07) is 0.177. The molecule has 0 amide bonds. The summed E-state index contributed by atoms with van der Waals surface area (Å²) in [7, 11) is 0. The molecule has 0 aromatic rings. The van der Waals surface area contributed by atoms with Crippen molar-refractivity contribution in [1.29, 1.82) is 0 Å². The Bertz CT molecular complexity index is 93.6. The standard InChI is InChI=1S/C7H14N2/c1-3-7(2)9-6-4-5-8/h1,7,9H,4-6,8H2,2H3. The average molecular weight is 126 g/mol. The number of nitrogens with two attached hydrogens (primary N) is 1. The third kappa shape index (κ3) is 5.35. The molecule has 0 saturated carbocycles. The van der Waals surface area contributed by atoms with Crippen LogP contribution >= 0.6 is 0 Å². The van der Waals surface area contributed by atoms with E-state index in [1.165, 1.54) is 0 Å². The van der Waals surface area contributed by atoms with Gasteiger partial charge in [-0.15, -0.1) is 6.42 Å². The summed E-state index contributed by atoms with van der Waals surface area (Å²) in [6.07, 6.45) is 6.10. The van der Waals surface area contributed by atoms with Crippen LogP contribution < -0.4 is 11.1 Å². The quantitative estimate of drug-likeness (QED) is 0.409. The van der Waals surface area contributed by atoms with E-state index >= 15 is 0 Å². The summed E-state index contributed by atoms with van der Waals surface area (Å²) in [4.78, 5) is 0. The van der Waals surface area contributed by atoms with Crippen LogP contribution in [0.1, 0.15) is 13.3 Å². The number of nitrogens with one attached hydrogen (secondary N) is 1. The van der Waals surface area contributed by atoms with Gasteiger partial charge in [0.05, 0.1) is 6.04 Å². The largest absolute Gasteiger partial charge is 0.330 e. The van der Waals surface area contributed by atoms with Crippen LogP contribution in [-0.2, 0) is 0 Å². The maximum Gasteiger partial charge on any atom is 0.0658 e. The van der Waals surface area contributed by atoms with Crippen LogP contribution in [0.15, 0.2) is 0 Å². The van der Waals surface area contributed by atoms with E-state index < -0.39 is 0 Å². The van der Waals surface area contributed by atoms with Gasteiger partial charge in [-0.05, 0) is 26.4 Å². The molecule has 0 heterocycles. The molecule has 0 aliphatic carbocycles. The molecule has 0 spiro atoms. The van der Waals surface area contributed by atoms with Crippen LogP contribution in [0.4, 0.5) is 0 Å². The Morgan fingerprint density at radius 2 is 2.44 bits per heavy atom. The first-order valence-electron chi connectivity index (χ1n) is 3.21. The van der Waals surface area contributed by atoms with Gasteiger partial charge < -0.3 is 11.1 Å². The molecule has 0 aromatic heterocycles. The fraction of sp³-hybridized carbons (Fsp3) is 0.714. The molecule has 2 heteroatoms. The van der Waals surface area contributed by atoms with Gasteiger partial charge in [0.1, 0.15) is 0 Å². The van der Waals surface area contributed by atoms with Gasteiger partial charge in [0, 0.05) is 0 Å². The molecule has 0 radical (unpaired) electrons. The zero-order chi connectivity index (χ0) is 7.11. The van der Waals surface area contributed by atoms with Gasteiger partial charge >= 0.3 is 0 Å². The highest BCUT2D eigenvalue weighted by Gasteiger charge is 1.91. The minimum absolute atomic E-state index is 0.177. The van der Waals surface area contributed by atoms with E-state index in [0.29, 0.717) is 0 Å². The van der Waals surface area contributed by atoms with Crippen LogP contribution in [0, 0.1) is 12.3 Å². The van der Waals surface area contributed by atoms with E-state index in [9.17, 15) is 0 Å². The monoisotopic (exact) mass is 126 g/mol. The summed E-state index contributed by atoms with van der Waals surface area (Å²) in [5.41, 5.74) is 5.26. The lowest BCUT2D eigenvalue weighted by Gasteiger charge is -2.04. The molecule has 1 unspecified atom stereocenters. The van der Waals surface area contributed by atoms with Crippen molar-refractivity contribution in [2.45, 2.75) is 19.4 Å². The molecule has 0 saturated heterocycles. The van der Waals surface area contributed by atoms with E-state index in [-0.39, 0.29) is 6.04 Å². The number of hydrogen-bond donors (Lipinski definition) is 2. The zero-order valence-corrected chi connectivity index (χ0v) is 5.85. The Labute approximate surface area is 56.8 Å². The Morgan fingerprint density at radius 1 is 1.78 bits per heavy atom. The average Bonchev–Trinajstić information content (AvgIpc) is 1.89. The van der Waals surface area contributed by atoms with Crippen LogP contribution in [0.3, 0.4) is 0 Å². The lowest BCUT2D eigenvalue weighted by molar-refractivity contribution is 0.622. The first kappa shape index (κ1) is 8.48. The molecule has 0 rings (SSSR count). The highest BCUT2D eigenvalue weighted by atomic mass is 14.9. The molecular weight excluding hydrogens is 112 g/mol. The minimum Gasteiger partial charge on any atom is -0.330 e. The van der Waals surface area contributed by atoms with Gasteiger partial charge in [-0.1, -0.05) is 5.92 Å². The van der Waals surface area contributed by atoms with Crippen LogP contribution in [0.2, 0.25) is 0 Å². The number of hydrogen-bond acceptors (Lipinski definition) is 2. The molecule has 52 valence electrons. The fourth-order valence-electron chi connectivity index (χ4n) is 0.480. The SMILES string of the molecule is C#CC(C)NCCCN. The third-order valence-corrected chi connectivity index (χ3v) is 1.08. The van der Waals surface area contributed by atoms with Crippen LogP contribution in [-0.4, -0.2) is 19.1 Å². The Kier molecular flexibility index (Phi) is 5.29. The van der Waals surface area contributed by atoms with Gasteiger partial charge in [-0.2, -0.15) is 0 Å². The van der Waals surface area contributed by atoms with Crippen molar-refractivity contribution in [3.63, 3.8) is 0 Å². The molecule has 0 aliphatic rings. The molecular formula is C7H14N2. The molecule has 0 bridgehead atoms. The van der Waals surface area contributed by atoms with Crippen molar-refractivity contribution >= 4 is 0 Å². The van der Waals surface area contributed by atoms with E-state index in [4.69, 9.17) is 12.2 Å². The summed E-state index contributed by atoms with van der Waals surface area (Å²) in [5.74, 6) is 2.57. The Balaban J connectivity index is 2.99. The number of terminal acetylenes is 1. The second-order valence-electron chi connectivity index (χ2n) is 1.98. The van der Waals surface area contributed by atoms with E-state index in [2.05, 4.69) is 11.2 Å². The summed E-state index contributed by atoms with van der Waals surface area (Å²) in [5, 5.41) is 3.12. The van der Waals surface area contributed by atoms with Crippen LogP contribution in [0.5, 0.6) is 0 Å². The summed E-state index contributed by atoms with van der Waals surface area (Å²) in [6.45, 7) is 3.60. The minimum atomic E-state index is 0.177. The van der Waals surface area contributed by atoms with E-state index in [1.807, 2.05) is 6.92 Å². The van der Waals surface area contributed by atoms with Gasteiger partial charge in [-0.3, -0.25) is 0 Å². The fourth-order valence-corrected chi connectivity index (χ4v) is 0.480. The van der Waals surface area contributed by atoms with Crippen molar-refractivity contribution in [1.82, 2.24) is 5.32 Å². The first-order chi connectivity index (χ1) is 4.31. The lowest BCUT2D eigenvalue weighted by atomic mass is 10.3. The topological polar surface area (TPSA) is 38.0 Å². The van der Waals surface area contributed by atoms with Crippen LogP contribution in [0.25, 0.3) is 0 Å². The normalized spacial score (nSPS) is 12.6. The highest BCUT2D eigenvalue weighted by molar-refractivity contribution is 4.95. The molecule has 3 N–H and O–H groups in total. The summed E-state index contributed by atoms with van der Waals surface area (Å²) < 4.78 is 0. The van der Waals surface area contributed by atoms with Gasteiger partial charge in [0.2, 0.25) is 0 Å². The first-order valence-corrected chi connectivity index (χ1v) is 3.21. The predicted molar refractivity (Wildman–Crippen MR) is 40.0 cm³/mol. The molecule has 0 fully saturated rings. The molecule has 1 atom stereocenters. The maximum atomic E-state index is 5.26.